The summed E-state index contributed by atoms with van der Waals surface area (Å²) in [5.74, 6) is 0.341. The Balaban J connectivity index is 2.53. The maximum Gasteiger partial charge on any atom is 0.131 e. The van der Waals surface area contributed by atoms with Crippen LogP contribution in [0.15, 0.2) is 0 Å². The van der Waals surface area contributed by atoms with Crippen LogP contribution in [0.3, 0.4) is 0 Å². The van der Waals surface area contributed by atoms with Crippen LogP contribution in [0.1, 0.15) is 52.9 Å². The lowest BCUT2D eigenvalue weighted by Gasteiger charge is -2.31. The van der Waals surface area contributed by atoms with Crippen LogP contribution < -0.4 is 0 Å². The molecule has 0 bridgehead atoms. The van der Waals surface area contributed by atoms with E-state index in [1.807, 2.05) is 0 Å². The SMILES string of the molecule is CCC(CC)N1CCCC1CC(C)=O. The van der Waals surface area contributed by atoms with Gasteiger partial charge in [-0.1, -0.05) is 13.8 Å². The average molecular weight is 197 g/mol. The summed E-state index contributed by atoms with van der Waals surface area (Å²) in [6.45, 7) is 7.41. The first kappa shape index (κ1) is 11.7. The summed E-state index contributed by atoms with van der Waals surface area (Å²) in [4.78, 5) is 13.7. The van der Waals surface area contributed by atoms with Crippen LogP contribution in [0.25, 0.3) is 0 Å². The molecule has 0 spiro atoms. The van der Waals surface area contributed by atoms with E-state index in [-0.39, 0.29) is 0 Å². The van der Waals surface area contributed by atoms with Crippen LogP contribution in [0.4, 0.5) is 0 Å². The largest absolute Gasteiger partial charge is 0.300 e. The molecule has 0 N–H and O–H groups in total. The van der Waals surface area contributed by atoms with Gasteiger partial charge in [0.2, 0.25) is 0 Å². The van der Waals surface area contributed by atoms with Gasteiger partial charge in [-0.2, -0.15) is 0 Å². The van der Waals surface area contributed by atoms with Gasteiger partial charge in [0.05, 0.1) is 0 Å². The van der Waals surface area contributed by atoms with Gasteiger partial charge in [-0.15, -0.1) is 0 Å². The molecule has 0 aromatic rings. The van der Waals surface area contributed by atoms with Gasteiger partial charge in [-0.05, 0) is 39.2 Å². The van der Waals surface area contributed by atoms with Crippen molar-refractivity contribution in [2.45, 2.75) is 65.0 Å². The topological polar surface area (TPSA) is 20.3 Å². The molecule has 0 aliphatic carbocycles. The Kier molecular flexibility index (Phi) is 4.59. The Bertz CT molecular complexity index is 187. The van der Waals surface area contributed by atoms with Gasteiger partial charge >= 0.3 is 0 Å². The third-order valence-electron chi connectivity index (χ3n) is 3.36. The van der Waals surface area contributed by atoms with Crippen molar-refractivity contribution >= 4 is 5.78 Å². The molecular weight excluding hydrogens is 174 g/mol. The van der Waals surface area contributed by atoms with Gasteiger partial charge in [0.15, 0.2) is 0 Å². The lowest BCUT2D eigenvalue weighted by molar-refractivity contribution is -0.118. The normalized spacial score (nSPS) is 23.3. The number of Topliss-reactive ketones (excluding diaryl/α,β-unsaturated/α-hetero) is 1. The predicted molar refractivity (Wildman–Crippen MR) is 59.4 cm³/mol. The summed E-state index contributed by atoms with van der Waals surface area (Å²) in [5, 5.41) is 0. The lowest BCUT2D eigenvalue weighted by Crippen LogP contribution is -2.39. The molecule has 0 saturated carbocycles. The Morgan fingerprint density at radius 1 is 1.43 bits per heavy atom. The Hall–Kier alpha value is -0.370. The fourth-order valence-electron chi connectivity index (χ4n) is 2.65. The fraction of sp³-hybridized carbons (Fsp3) is 0.917. The van der Waals surface area contributed by atoms with Crippen molar-refractivity contribution in [1.29, 1.82) is 0 Å². The smallest absolute Gasteiger partial charge is 0.131 e. The minimum absolute atomic E-state index is 0.341. The Morgan fingerprint density at radius 2 is 2.07 bits per heavy atom. The third kappa shape index (κ3) is 2.81. The molecule has 1 atom stereocenters. The van der Waals surface area contributed by atoms with E-state index in [1.165, 1.54) is 32.2 Å². The van der Waals surface area contributed by atoms with Crippen molar-refractivity contribution in [3.63, 3.8) is 0 Å². The van der Waals surface area contributed by atoms with E-state index >= 15 is 0 Å². The van der Waals surface area contributed by atoms with Crippen LogP contribution in [0, 0.1) is 0 Å². The zero-order chi connectivity index (χ0) is 10.6. The second-order valence-corrected chi connectivity index (χ2v) is 4.41. The van der Waals surface area contributed by atoms with Crippen molar-refractivity contribution < 1.29 is 4.79 Å². The number of carbonyl (C=O) groups is 1. The molecule has 1 aliphatic rings. The summed E-state index contributed by atoms with van der Waals surface area (Å²) in [6.07, 6.45) is 5.68. The summed E-state index contributed by atoms with van der Waals surface area (Å²) >= 11 is 0. The van der Waals surface area contributed by atoms with E-state index in [4.69, 9.17) is 0 Å². The standard InChI is InChI=1S/C12H23NO/c1-4-11(5-2)13-8-6-7-12(13)9-10(3)14/h11-12H,4-9H2,1-3H3. The summed E-state index contributed by atoms with van der Waals surface area (Å²) in [5.41, 5.74) is 0. The summed E-state index contributed by atoms with van der Waals surface area (Å²) in [6, 6.07) is 1.24. The highest BCUT2D eigenvalue weighted by atomic mass is 16.1. The maximum absolute atomic E-state index is 11.1. The monoisotopic (exact) mass is 197 g/mol. The quantitative estimate of drug-likeness (QED) is 0.675. The van der Waals surface area contributed by atoms with Crippen LogP contribution >= 0.6 is 0 Å². The van der Waals surface area contributed by atoms with E-state index in [1.54, 1.807) is 6.92 Å². The zero-order valence-corrected chi connectivity index (χ0v) is 9.75. The van der Waals surface area contributed by atoms with Gasteiger partial charge in [-0.25, -0.2) is 0 Å². The average Bonchev–Trinajstić information content (AvgIpc) is 2.55. The second kappa shape index (κ2) is 5.50. The molecular formula is C12H23NO. The van der Waals surface area contributed by atoms with Crippen molar-refractivity contribution in [2.24, 2.45) is 0 Å². The third-order valence-corrected chi connectivity index (χ3v) is 3.36. The van der Waals surface area contributed by atoms with Crippen molar-refractivity contribution in [2.75, 3.05) is 6.54 Å². The Labute approximate surface area is 87.7 Å². The van der Waals surface area contributed by atoms with E-state index in [0.29, 0.717) is 17.9 Å². The Morgan fingerprint density at radius 3 is 2.57 bits per heavy atom. The lowest BCUT2D eigenvalue weighted by atomic mass is 10.1. The number of carbonyl (C=O) groups excluding carboxylic acids is 1. The van der Waals surface area contributed by atoms with Gasteiger partial charge in [0.1, 0.15) is 5.78 Å². The van der Waals surface area contributed by atoms with Gasteiger partial charge < -0.3 is 0 Å². The number of nitrogens with zero attached hydrogens (tertiary/aromatic N) is 1. The highest BCUT2D eigenvalue weighted by molar-refractivity contribution is 5.76. The van der Waals surface area contributed by atoms with Crippen molar-refractivity contribution in [3.8, 4) is 0 Å². The molecule has 14 heavy (non-hydrogen) atoms. The minimum atomic E-state index is 0.341. The van der Waals surface area contributed by atoms with Crippen molar-refractivity contribution in [3.05, 3.63) is 0 Å². The molecule has 1 fully saturated rings. The number of rotatable bonds is 5. The zero-order valence-electron chi connectivity index (χ0n) is 9.75. The van der Waals surface area contributed by atoms with Crippen LogP contribution in [0.5, 0.6) is 0 Å². The predicted octanol–water partition coefficient (Wildman–Crippen LogP) is 2.62. The first-order chi connectivity index (χ1) is 6.69. The van der Waals surface area contributed by atoms with Crippen molar-refractivity contribution in [1.82, 2.24) is 4.90 Å². The number of likely N-dealkylation sites (tertiary alicyclic amines) is 1. The molecule has 0 aromatic carbocycles. The van der Waals surface area contributed by atoms with Crippen LogP contribution in [-0.2, 0) is 4.79 Å². The molecule has 1 aliphatic heterocycles. The van der Waals surface area contributed by atoms with Gasteiger partial charge in [-0.3, -0.25) is 9.69 Å². The first-order valence-electron chi connectivity index (χ1n) is 5.94. The maximum atomic E-state index is 11.1. The van der Waals surface area contributed by atoms with E-state index in [0.717, 1.165) is 6.42 Å². The molecule has 0 aromatic heterocycles. The summed E-state index contributed by atoms with van der Waals surface area (Å²) < 4.78 is 0. The molecule has 82 valence electrons. The van der Waals surface area contributed by atoms with Gasteiger partial charge in [0.25, 0.3) is 0 Å². The van der Waals surface area contributed by atoms with E-state index in [9.17, 15) is 4.79 Å². The molecule has 2 heteroatoms. The molecule has 0 radical (unpaired) electrons. The van der Waals surface area contributed by atoms with Crippen LogP contribution in [0.2, 0.25) is 0 Å². The number of hydrogen-bond donors (Lipinski definition) is 0. The molecule has 1 rings (SSSR count). The van der Waals surface area contributed by atoms with E-state index < -0.39 is 0 Å². The highest BCUT2D eigenvalue weighted by Gasteiger charge is 2.29. The second-order valence-electron chi connectivity index (χ2n) is 4.41. The van der Waals surface area contributed by atoms with Gasteiger partial charge in [0, 0.05) is 18.5 Å². The molecule has 2 nitrogen and oxygen atoms in total. The molecule has 0 amide bonds. The van der Waals surface area contributed by atoms with Crippen LogP contribution in [-0.4, -0.2) is 29.3 Å². The summed E-state index contributed by atoms with van der Waals surface area (Å²) in [7, 11) is 0. The molecule has 1 saturated heterocycles. The first-order valence-corrected chi connectivity index (χ1v) is 5.94. The highest BCUT2D eigenvalue weighted by Crippen LogP contribution is 2.25. The number of ketones is 1. The fourth-order valence-corrected chi connectivity index (χ4v) is 2.65. The van der Waals surface area contributed by atoms with E-state index in [2.05, 4.69) is 18.7 Å². The minimum Gasteiger partial charge on any atom is -0.300 e. The number of hydrogen-bond acceptors (Lipinski definition) is 2. The molecule has 1 unspecified atom stereocenters. The molecule has 1 heterocycles.